The van der Waals surface area contributed by atoms with Crippen molar-refractivity contribution in [2.24, 2.45) is 0 Å². The number of hydrogen-bond donors (Lipinski definition) is 0. The maximum atomic E-state index is 4.82. The molecule has 3 aromatic heterocycles. The van der Waals surface area contributed by atoms with Gasteiger partial charge in [0.05, 0.1) is 21.6 Å². The van der Waals surface area contributed by atoms with E-state index in [1.165, 1.54) is 4.88 Å². The predicted molar refractivity (Wildman–Crippen MR) is 80.4 cm³/mol. The highest BCUT2D eigenvalue weighted by molar-refractivity contribution is 7.13. The lowest BCUT2D eigenvalue weighted by atomic mass is 10.1. The first-order chi connectivity index (χ1) is 9.42. The van der Waals surface area contributed by atoms with Gasteiger partial charge < -0.3 is 0 Å². The zero-order chi connectivity index (χ0) is 12.7. The molecule has 0 spiro atoms. The van der Waals surface area contributed by atoms with Gasteiger partial charge in [0.2, 0.25) is 0 Å². The van der Waals surface area contributed by atoms with Crippen molar-refractivity contribution in [3.63, 3.8) is 0 Å². The molecule has 19 heavy (non-hydrogen) atoms. The highest BCUT2D eigenvalue weighted by atomic mass is 32.1. The van der Waals surface area contributed by atoms with Crippen LogP contribution in [-0.2, 0) is 0 Å². The highest BCUT2D eigenvalue weighted by Gasteiger charge is 2.05. The van der Waals surface area contributed by atoms with E-state index in [0.717, 1.165) is 27.5 Å². The fraction of sp³-hybridized carbons (Fsp3) is 0. The number of nitrogens with zero attached hydrogens (tertiary/aromatic N) is 2. The summed E-state index contributed by atoms with van der Waals surface area (Å²) in [7, 11) is 0. The second-order valence-electron chi connectivity index (χ2n) is 4.38. The largest absolute Gasteiger partial charge is 0.256 e. The van der Waals surface area contributed by atoms with Crippen LogP contribution in [0, 0.1) is 0 Å². The number of rotatable bonds is 1. The summed E-state index contributed by atoms with van der Waals surface area (Å²) in [5, 5.41) is 4.34. The van der Waals surface area contributed by atoms with Crippen LogP contribution in [-0.4, -0.2) is 9.97 Å². The Balaban J connectivity index is 2.09. The van der Waals surface area contributed by atoms with Gasteiger partial charge in [0, 0.05) is 17.0 Å². The normalized spacial score (nSPS) is 11.2. The molecule has 0 N–H and O–H groups in total. The minimum absolute atomic E-state index is 0.992. The van der Waals surface area contributed by atoms with Gasteiger partial charge in [-0.3, -0.25) is 4.98 Å². The molecule has 0 bridgehead atoms. The molecule has 0 aliphatic rings. The molecule has 3 heterocycles. The molecular weight excluding hydrogens is 252 g/mol. The van der Waals surface area contributed by atoms with E-state index >= 15 is 0 Å². The first-order valence-electron chi connectivity index (χ1n) is 6.10. The van der Waals surface area contributed by atoms with Crippen LogP contribution in [0.4, 0.5) is 0 Å². The third kappa shape index (κ3) is 1.71. The molecule has 0 radical (unpaired) electrons. The molecule has 1 aromatic carbocycles. The van der Waals surface area contributed by atoms with Gasteiger partial charge in [-0.2, -0.15) is 0 Å². The maximum absolute atomic E-state index is 4.82. The second kappa shape index (κ2) is 4.14. The van der Waals surface area contributed by atoms with Crippen LogP contribution < -0.4 is 0 Å². The van der Waals surface area contributed by atoms with E-state index in [2.05, 4.69) is 46.8 Å². The van der Waals surface area contributed by atoms with Crippen LogP contribution in [0.1, 0.15) is 0 Å². The van der Waals surface area contributed by atoms with Gasteiger partial charge in [-0.05, 0) is 35.7 Å². The topological polar surface area (TPSA) is 25.8 Å². The van der Waals surface area contributed by atoms with Crippen molar-refractivity contribution in [3.8, 4) is 10.6 Å². The summed E-state index contributed by atoms with van der Waals surface area (Å²) >= 11 is 1.71. The Morgan fingerprint density at radius 2 is 1.84 bits per heavy atom. The van der Waals surface area contributed by atoms with Crippen molar-refractivity contribution in [1.29, 1.82) is 0 Å². The third-order valence-corrected chi connectivity index (χ3v) is 4.11. The molecule has 0 unspecified atom stereocenters. The summed E-state index contributed by atoms with van der Waals surface area (Å²) in [5.74, 6) is 0. The molecular formula is C16H10N2S. The fourth-order valence-electron chi connectivity index (χ4n) is 2.30. The van der Waals surface area contributed by atoms with Crippen molar-refractivity contribution in [1.82, 2.24) is 9.97 Å². The van der Waals surface area contributed by atoms with Gasteiger partial charge >= 0.3 is 0 Å². The van der Waals surface area contributed by atoms with E-state index in [4.69, 9.17) is 4.98 Å². The van der Waals surface area contributed by atoms with Crippen LogP contribution in [0.25, 0.3) is 32.4 Å². The van der Waals surface area contributed by atoms with Gasteiger partial charge in [0.25, 0.3) is 0 Å². The summed E-state index contributed by atoms with van der Waals surface area (Å²) in [6.45, 7) is 0. The van der Waals surface area contributed by atoms with Crippen LogP contribution in [0.2, 0.25) is 0 Å². The Morgan fingerprint density at radius 1 is 0.895 bits per heavy atom. The maximum Gasteiger partial charge on any atom is 0.0809 e. The predicted octanol–water partition coefficient (Wildman–Crippen LogP) is 4.51. The average Bonchev–Trinajstić information content (AvgIpc) is 3.01. The van der Waals surface area contributed by atoms with Gasteiger partial charge in [0.15, 0.2) is 0 Å². The van der Waals surface area contributed by atoms with Crippen molar-refractivity contribution in [2.75, 3.05) is 0 Å². The summed E-state index contributed by atoms with van der Waals surface area (Å²) in [6.07, 6.45) is 1.82. The molecule has 0 aliphatic heterocycles. The minimum atomic E-state index is 0.992. The smallest absolute Gasteiger partial charge is 0.0809 e. The zero-order valence-electron chi connectivity index (χ0n) is 10.1. The first kappa shape index (κ1) is 10.6. The van der Waals surface area contributed by atoms with Crippen molar-refractivity contribution in [2.45, 2.75) is 0 Å². The summed E-state index contributed by atoms with van der Waals surface area (Å²) in [5.41, 5.74) is 3.04. The van der Waals surface area contributed by atoms with Crippen LogP contribution in [0.15, 0.2) is 60.1 Å². The van der Waals surface area contributed by atoms with E-state index in [0.29, 0.717) is 0 Å². The first-order valence-corrected chi connectivity index (χ1v) is 6.98. The summed E-state index contributed by atoms with van der Waals surface area (Å²) in [4.78, 5) is 10.4. The quantitative estimate of drug-likeness (QED) is 0.472. The zero-order valence-corrected chi connectivity index (χ0v) is 10.9. The standard InChI is InChI=1S/C16H10N2S/c1-3-12-13(17-9-1)7-5-11-6-8-14(18-16(11)12)15-4-2-10-19-15/h1-10H. The highest BCUT2D eigenvalue weighted by Crippen LogP contribution is 2.28. The van der Waals surface area contributed by atoms with E-state index in [9.17, 15) is 0 Å². The number of fused-ring (bicyclic) bond motifs is 3. The number of pyridine rings is 2. The Hall–Kier alpha value is -2.26. The van der Waals surface area contributed by atoms with Gasteiger partial charge in [-0.25, -0.2) is 4.98 Å². The minimum Gasteiger partial charge on any atom is -0.256 e. The molecule has 2 nitrogen and oxygen atoms in total. The summed E-state index contributed by atoms with van der Waals surface area (Å²) in [6, 6.07) is 16.5. The van der Waals surface area contributed by atoms with Crippen molar-refractivity contribution >= 4 is 33.1 Å². The van der Waals surface area contributed by atoms with Gasteiger partial charge in [-0.1, -0.05) is 18.2 Å². The fourth-order valence-corrected chi connectivity index (χ4v) is 3.00. The van der Waals surface area contributed by atoms with Crippen LogP contribution in [0.5, 0.6) is 0 Å². The molecule has 4 rings (SSSR count). The lowest BCUT2D eigenvalue weighted by molar-refractivity contribution is 1.39. The van der Waals surface area contributed by atoms with Gasteiger partial charge in [0.1, 0.15) is 0 Å². The molecule has 3 heteroatoms. The van der Waals surface area contributed by atoms with Crippen LogP contribution in [0.3, 0.4) is 0 Å². The third-order valence-electron chi connectivity index (χ3n) is 3.21. The number of aromatic nitrogens is 2. The monoisotopic (exact) mass is 262 g/mol. The molecule has 4 aromatic rings. The van der Waals surface area contributed by atoms with Crippen LogP contribution >= 0.6 is 11.3 Å². The molecule has 0 fully saturated rings. The van der Waals surface area contributed by atoms with E-state index in [-0.39, 0.29) is 0 Å². The lowest BCUT2D eigenvalue weighted by Crippen LogP contribution is -1.86. The SMILES string of the molecule is c1csc(-c2ccc3ccc4ncccc4c3n2)c1. The molecule has 0 atom stereocenters. The number of benzene rings is 1. The molecule has 90 valence electrons. The average molecular weight is 262 g/mol. The molecule has 0 saturated heterocycles. The number of hydrogen-bond acceptors (Lipinski definition) is 3. The molecule has 0 amide bonds. The molecule has 0 saturated carbocycles. The lowest BCUT2D eigenvalue weighted by Gasteiger charge is -2.04. The molecule has 0 aliphatic carbocycles. The second-order valence-corrected chi connectivity index (χ2v) is 5.33. The van der Waals surface area contributed by atoms with Crippen molar-refractivity contribution < 1.29 is 0 Å². The van der Waals surface area contributed by atoms with Crippen molar-refractivity contribution in [3.05, 3.63) is 60.1 Å². The van der Waals surface area contributed by atoms with E-state index in [1.807, 2.05) is 18.3 Å². The Kier molecular flexibility index (Phi) is 2.32. The Bertz CT molecular complexity index is 866. The van der Waals surface area contributed by atoms with Gasteiger partial charge in [-0.15, -0.1) is 11.3 Å². The Morgan fingerprint density at radius 3 is 2.74 bits per heavy atom. The number of thiophene rings is 1. The van der Waals surface area contributed by atoms with E-state index < -0.39 is 0 Å². The summed E-state index contributed by atoms with van der Waals surface area (Å²) < 4.78 is 0. The Labute approximate surface area is 114 Å². The van der Waals surface area contributed by atoms with E-state index in [1.54, 1.807) is 11.3 Å².